The van der Waals surface area contributed by atoms with Crippen molar-refractivity contribution in [2.75, 3.05) is 26.2 Å². The van der Waals surface area contributed by atoms with Crippen LogP contribution in [0, 0.1) is 0 Å². The minimum atomic E-state index is 0.784. The van der Waals surface area contributed by atoms with Gasteiger partial charge in [0, 0.05) is 26.2 Å². The number of nitrogens with zero attached hydrogens (tertiary/aromatic N) is 2. The largest absolute Gasteiger partial charge is 0.242 e. The van der Waals surface area contributed by atoms with E-state index in [0.717, 1.165) is 5.92 Å². The van der Waals surface area contributed by atoms with Crippen LogP contribution in [0.15, 0.2) is 30.3 Å². The topological polar surface area (TPSA) is 6.48 Å². The van der Waals surface area contributed by atoms with Gasteiger partial charge in [-0.3, -0.25) is 0 Å². The van der Waals surface area contributed by atoms with Crippen LogP contribution in [0.4, 0.5) is 0 Å². The summed E-state index contributed by atoms with van der Waals surface area (Å²) in [7, 11) is 0. The Morgan fingerprint density at radius 3 is 2.00 bits per heavy atom. The van der Waals surface area contributed by atoms with Gasteiger partial charge in [0.05, 0.1) is 0 Å². The molecule has 1 aromatic rings. The second-order valence-electron chi connectivity index (χ2n) is 5.65. The quantitative estimate of drug-likeness (QED) is 0.788. The van der Waals surface area contributed by atoms with Gasteiger partial charge in [0.2, 0.25) is 0 Å². The lowest BCUT2D eigenvalue weighted by Crippen LogP contribution is -2.48. The van der Waals surface area contributed by atoms with E-state index >= 15 is 0 Å². The zero-order valence-electron chi connectivity index (χ0n) is 11.2. The summed E-state index contributed by atoms with van der Waals surface area (Å²) in [6.45, 7) is 5.07. The summed E-state index contributed by atoms with van der Waals surface area (Å²) < 4.78 is 0. The van der Waals surface area contributed by atoms with E-state index in [-0.39, 0.29) is 0 Å². The van der Waals surface area contributed by atoms with Gasteiger partial charge in [-0.2, -0.15) is 0 Å². The van der Waals surface area contributed by atoms with E-state index in [4.69, 9.17) is 0 Å². The number of rotatable bonds is 2. The Labute approximate surface area is 111 Å². The fourth-order valence-electron chi connectivity index (χ4n) is 3.37. The lowest BCUT2D eigenvalue weighted by molar-refractivity contribution is -0.0552. The smallest absolute Gasteiger partial charge is 0.0139 e. The van der Waals surface area contributed by atoms with Gasteiger partial charge in [-0.25, -0.2) is 10.0 Å². The standard InChI is InChI=1S/C16H24N2/c1-3-7-15(8-4-1)16-9-13-18(14-10-16)17-11-5-2-6-12-17/h1,3-4,7-8,16H,2,5-6,9-14H2. The first-order chi connectivity index (χ1) is 8.93. The first-order valence-electron chi connectivity index (χ1n) is 7.48. The molecule has 0 radical (unpaired) electrons. The average molecular weight is 244 g/mol. The molecule has 0 saturated carbocycles. The van der Waals surface area contributed by atoms with Crippen LogP contribution in [0.5, 0.6) is 0 Å². The molecule has 18 heavy (non-hydrogen) atoms. The molecule has 2 aliphatic rings. The third kappa shape index (κ3) is 2.76. The lowest BCUT2D eigenvalue weighted by Gasteiger charge is -2.41. The lowest BCUT2D eigenvalue weighted by atomic mass is 9.90. The summed E-state index contributed by atoms with van der Waals surface area (Å²) in [6, 6.07) is 11.0. The highest BCUT2D eigenvalue weighted by Crippen LogP contribution is 2.29. The molecule has 98 valence electrons. The Hall–Kier alpha value is -0.860. The van der Waals surface area contributed by atoms with Gasteiger partial charge < -0.3 is 0 Å². The van der Waals surface area contributed by atoms with Crippen LogP contribution in [0.2, 0.25) is 0 Å². The summed E-state index contributed by atoms with van der Waals surface area (Å²) in [5.41, 5.74) is 1.54. The van der Waals surface area contributed by atoms with Crippen molar-refractivity contribution in [3.05, 3.63) is 35.9 Å². The summed E-state index contributed by atoms with van der Waals surface area (Å²) in [5.74, 6) is 0.784. The minimum absolute atomic E-state index is 0.784. The second kappa shape index (κ2) is 5.85. The molecule has 0 amide bonds. The Bertz CT molecular complexity index is 349. The molecule has 2 nitrogen and oxygen atoms in total. The second-order valence-corrected chi connectivity index (χ2v) is 5.65. The molecule has 3 rings (SSSR count). The van der Waals surface area contributed by atoms with Crippen molar-refractivity contribution in [3.8, 4) is 0 Å². The van der Waals surface area contributed by atoms with Crippen LogP contribution >= 0.6 is 0 Å². The molecule has 2 aliphatic heterocycles. The molecule has 0 N–H and O–H groups in total. The number of hydrogen-bond donors (Lipinski definition) is 0. The molecular formula is C16H24N2. The summed E-state index contributed by atoms with van der Waals surface area (Å²) in [6.07, 6.45) is 6.84. The maximum Gasteiger partial charge on any atom is 0.0139 e. The van der Waals surface area contributed by atoms with Crippen LogP contribution in [0.1, 0.15) is 43.6 Å². The first kappa shape index (κ1) is 12.2. The van der Waals surface area contributed by atoms with Crippen LogP contribution in [0.25, 0.3) is 0 Å². The third-order valence-corrected chi connectivity index (χ3v) is 4.47. The summed E-state index contributed by atoms with van der Waals surface area (Å²) in [4.78, 5) is 0. The van der Waals surface area contributed by atoms with Crippen molar-refractivity contribution in [1.82, 2.24) is 10.0 Å². The van der Waals surface area contributed by atoms with E-state index in [0.29, 0.717) is 0 Å². The van der Waals surface area contributed by atoms with Crippen molar-refractivity contribution in [2.24, 2.45) is 0 Å². The predicted molar refractivity (Wildman–Crippen MR) is 75.4 cm³/mol. The van der Waals surface area contributed by atoms with Gasteiger partial charge in [-0.15, -0.1) is 0 Å². The Morgan fingerprint density at radius 2 is 1.33 bits per heavy atom. The fourth-order valence-corrected chi connectivity index (χ4v) is 3.37. The molecular weight excluding hydrogens is 220 g/mol. The fraction of sp³-hybridized carbons (Fsp3) is 0.625. The van der Waals surface area contributed by atoms with Crippen LogP contribution < -0.4 is 0 Å². The summed E-state index contributed by atoms with van der Waals surface area (Å²) in [5, 5.41) is 5.21. The van der Waals surface area contributed by atoms with Crippen molar-refractivity contribution in [1.29, 1.82) is 0 Å². The zero-order valence-corrected chi connectivity index (χ0v) is 11.2. The normalized spacial score (nSPS) is 24.2. The van der Waals surface area contributed by atoms with Crippen molar-refractivity contribution in [3.63, 3.8) is 0 Å². The van der Waals surface area contributed by atoms with Gasteiger partial charge in [0.15, 0.2) is 0 Å². The van der Waals surface area contributed by atoms with Gasteiger partial charge in [0.25, 0.3) is 0 Å². The number of benzene rings is 1. The molecule has 2 heterocycles. The SMILES string of the molecule is c1ccc(C2CCN(N3CCCCC3)CC2)cc1. The Morgan fingerprint density at radius 1 is 0.722 bits per heavy atom. The monoisotopic (exact) mass is 244 g/mol. The highest BCUT2D eigenvalue weighted by molar-refractivity contribution is 5.19. The first-order valence-corrected chi connectivity index (χ1v) is 7.48. The average Bonchev–Trinajstić information content (AvgIpc) is 2.49. The van der Waals surface area contributed by atoms with E-state index in [1.165, 1.54) is 63.8 Å². The minimum Gasteiger partial charge on any atom is -0.242 e. The van der Waals surface area contributed by atoms with Crippen molar-refractivity contribution in [2.45, 2.75) is 38.0 Å². The molecule has 2 heteroatoms. The molecule has 0 unspecified atom stereocenters. The number of piperidine rings is 2. The third-order valence-electron chi connectivity index (χ3n) is 4.47. The van der Waals surface area contributed by atoms with Crippen molar-refractivity contribution >= 4 is 0 Å². The van der Waals surface area contributed by atoms with E-state index in [1.807, 2.05) is 0 Å². The molecule has 0 bridgehead atoms. The van der Waals surface area contributed by atoms with Gasteiger partial charge in [-0.05, 0) is 37.2 Å². The molecule has 0 spiro atoms. The van der Waals surface area contributed by atoms with Crippen LogP contribution in [-0.4, -0.2) is 36.2 Å². The highest BCUT2D eigenvalue weighted by Gasteiger charge is 2.24. The van der Waals surface area contributed by atoms with E-state index in [1.54, 1.807) is 0 Å². The molecule has 2 fully saturated rings. The Balaban J connectivity index is 1.54. The molecule has 0 aliphatic carbocycles. The summed E-state index contributed by atoms with van der Waals surface area (Å²) >= 11 is 0. The van der Waals surface area contributed by atoms with Gasteiger partial charge in [-0.1, -0.05) is 36.8 Å². The number of hydrogen-bond acceptors (Lipinski definition) is 2. The highest BCUT2D eigenvalue weighted by atomic mass is 15.6. The molecule has 0 aromatic heterocycles. The van der Waals surface area contributed by atoms with Crippen LogP contribution in [-0.2, 0) is 0 Å². The molecule has 1 aromatic carbocycles. The molecule has 0 atom stereocenters. The van der Waals surface area contributed by atoms with E-state index < -0.39 is 0 Å². The maximum atomic E-state index is 2.61. The maximum absolute atomic E-state index is 2.61. The van der Waals surface area contributed by atoms with Gasteiger partial charge >= 0.3 is 0 Å². The van der Waals surface area contributed by atoms with Crippen LogP contribution in [0.3, 0.4) is 0 Å². The van der Waals surface area contributed by atoms with E-state index in [9.17, 15) is 0 Å². The predicted octanol–water partition coefficient (Wildman–Crippen LogP) is 3.27. The Kier molecular flexibility index (Phi) is 3.96. The van der Waals surface area contributed by atoms with E-state index in [2.05, 4.69) is 40.3 Å². The number of hydrazine groups is 1. The molecule has 2 saturated heterocycles. The van der Waals surface area contributed by atoms with Gasteiger partial charge in [0.1, 0.15) is 0 Å². The van der Waals surface area contributed by atoms with Crippen molar-refractivity contribution < 1.29 is 0 Å². The zero-order chi connectivity index (χ0) is 12.2.